The summed E-state index contributed by atoms with van der Waals surface area (Å²) in [5.41, 5.74) is 1.01. The van der Waals surface area contributed by atoms with Gasteiger partial charge >= 0.3 is 0 Å². The van der Waals surface area contributed by atoms with E-state index >= 15 is 0 Å². The Hall–Kier alpha value is -1.16. The highest BCUT2D eigenvalue weighted by atomic mass is 15.2. The molecule has 1 aliphatic carbocycles. The first kappa shape index (κ1) is 13.3. The van der Waals surface area contributed by atoms with Crippen LogP contribution in [0.2, 0.25) is 0 Å². The van der Waals surface area contributed by atoms with Crippen LogP contribution in [0, 0.1) is 5.92 Å². The first-order valence-electron chi connectivity index (χ1n) is 6.89. The summed E-state index contributed by atoms with van der Waals surface area (Å²) in [5.74, 6) is 1.83. The molecule has 0 bridgehead atoms. The molecular formula is C14H24N4. The number of nitrogens with zero attached hydrogens (tertiary/aromatic N) is 3. The minimum Gasteiger partial charge on any atom is -0.355 e. The number of hydrogen-bond donors (Lipinski definition) is 1. The van der Waals surface area contributed by atoms with Crippen LogP contribution in [-0.4, -0.2) is 30.1 Å². The summed E-state index contributed by atoms with van der Waals surface area (Å²) in [4.78, 5) is 11.3. The molecule has 0 spiro atoms. The molecule has 2 unspecified atom stereocenters. The van der Waals surface area contributed by atoms with Crippen molar-refractivity contribution in [1.29, 1.82) is 0 Å². The molecule has 2 atom stereocenters. The zero-order chi connectivity index (χ0) is 13.0. The lowest BCUT2D eigenvalue weighted by Crippen LogP contribution is -2.36. The van der Waals surface area contributed by atoms with Gasteiger partial charge < -0.3 is 10.2 Å². The number of nitrogens with one attached hydrogen (secondary N) is 1. The van der Waals surface area contributed by atoms with Gasteiger partial charge in [-0.05, 0) is 25.8 Å². The van der Waals surface area contributed by atoms with Crippen molar-refractivity contribution in [3.63, 3.8) is 0 Å². The van der Waals surface area contributed by atoms with E-state index in [0.717, 1.165) is 24.0 Å². The molecule has 1 saturated carbocycles. The first-order valence-corrected chi connectivity index (χ1v) is 6.89. The van der Waals surface area contributed by atoms with E-state index in [9.17, 15) is 0 Å². The number of rotatable bonds is 4. The van der Waals surface area contributed by atoms with E-state index < -0.39 is 0 Å². The second kappa shape index (κ2) is 6.14. The van der Waals surface area contributed by atoms with Gasteiger partial charge in [0.1, 0.15) is 5.82 Å². The summed E-state index contributed by atoms with van der Waals surface area (Å²) in [6, 6.07) is 0.618. The molecule has 100 valence electrons. The van der Waals surface area contributed by atoms with E-state index in [1.54, 1.807) is 0 Å². The molecule has 1 aliphatic rings. The van der Waals surface area contributed by atoms with Crippen LogP contribution in [0.3, 0.4) is 0 Å². The fourth-order valence-electron chi connectivity index (χ4n) is 2.77. The quantitative estimate of drug-likeness (QED) is 0.887. The summed E-state index contributed by atoms with van der Waals surface area (Å²) >= 11 is 0. The Morgan fingerprint density at radius 3 is 2.94 bits per heavy atom. The Morgan fingerprint density at radius 1 is 1.39 bits per heavy atom. The molecule has 0 saturated heterocycles. The molecule has 0 radical (unpaired) electrons. The standard InChI is InChI=1S/C14H24N4/c1-11-5-4-6-13(7-11)18(3)14-10-16-9-12(17-14)8-15-2/h9-11,13,15H,4-8H2,1-3H3. The predicted molar refractivity (Wildman–Crippen MR) is 74.6 cm³/mol. The highest BCUT2D eigenvalue weighted by molar-refractivity contribution is 5.36. The lowest BCUT2D eigenvalue weighted by molar-refractivity contribution is 0.335. The first-order chi connectivity index (χ1) is 8.70. The molecule has 1 N–H and O–H groups in total. The van der Waals surface area contributed by atoms with Crippen LogP contribution >= 0.6 is 0 Å². The van der Waals surface area contributed by atoms with Crippen LogP contribution < -0.4 is 10.2 Å². The van der Waals surface area contributed by atoms with Crippen molar-refractivity contribution in [2.75, 3.05) is 19.0 Å². The summed E-state index contributed by atoms with van der Waals surface area (Å²) in [7, 11) is 4.08. The molecule has 4 nitrogen and oxygen atoms in total. The Morgan fingerprint density at radius 2 is 2.22 bits per heavy atom. The monoisotopic (exact) mass is 248 g/mol. The van der Waals surface area contributed by atoms with Crippen LogP contribution in [0.15, 0.2) is 12.4 Å². The molecule has 4 heteroatoms. The second-order valence-electron chi connectivity index (χ2n) is 5.44. The average molecular weight is 248 g/mol. The van der Waals surface area contributed by atoms with Gasteiger partial charge in [-0.15, -0.1) is 0 Å². The fraction of sp³-hybridized carbons (Fsp3) is 0.714. The van der Waals surface area contributed by atoms with Gasteiger partial charge in [-0.2, -0.15) is 0 Å². The number of hydrogen-bond acceptors (Lipinski definition) is 4. The van der Waals surface area contributed by atoms with Crippen LogP contribution in [0.1, 0.15) is 38.3 Å². The summed E-state index contributed by atoms with van der Waals surface area (Å²) in [6.07, 6.45) is 8.96. The van der Waals surface area contributed by atoms with Gasteiger partial charge in [0.2, 0.25) is 0 Å². The van der Waals surface area contributed by atoms with E-state index in [0.29, 0.717) is 6.04 Å². The van der Waals surface area contributed by atoms with Gasteiger partial charge in [-0.3, -0.25) is 4.98 Å². The highest BCUT2D eigenvalue weighted by Gasteiger charge is 2.23. The molecular weight excluding hydrogens is 224 g/mol. The van der Waals surface area contributed by atoms with Crippen molar-refractivity contribution >= 4 is 5.82 Å². The molecule has 0 aromatic carbocycles. The van der Waals surface area contributed by atoms with Crippen molar-refractivity contribution < 1.29 is 0 Å². The Bertz CT molecular complexity index is 380. The third-order valence-corrected chi connectivity index (χ3v) is 3.85. The van der Waals surface area contributed by atoms with Crippen LogP contribution in [0.5, 0.6) is 0 Å². The van der Waals surface area contributed by atoms with Gasteiger partial charge in [0.05, 0.1) is 11.9 Å². The molecule has 1 fully saturated rings. The van der Waals surface area contributed by atoms with Crippen molar-refractivity contribution in [1.82, 2.24) is 15.3 Å². The van der Waals surface area contributed by atoms with Gasteiger partial charge in [-0.25, -0.2) is 4.98 Å². The molecule has 1 aromatic rings. The molecule has 2 rings (SSSR count). The van der Waals surface area contributed by atoms with Crippen molar-refractivity contribution in [3.8, 4) is 0 Å². The zero-order valence-corrected chi connectivity index (χ0v) is 11.7. The van der Waals surface area contributed by atoms with Gasteiger partial charge in [0, 0.05) is 25.8 Å². The lowest BCUT2D eigenvalue weighted by Gasteiger charge is -2.34. The third-order valence-electron chi connectivity index (χ3n) is 3.85. The molecule has 0 amide bonds. The van der Waals surface area contributed by atoms with Gasteiger partial charge in [-0.1, -0.05) is 19.8 Å². The number of anilines is 1. The Labute approximate surface area is 110 Å². The maximum atomic E-state index is 4.66. The normalized spacial score (nSPS) is 23.9. The summed E-state index contributed by atoms with van der Waals surface area (Å²) < 4.78 is 0. The average Bonchev–Trinajstić information content (AvgIpc) is 2.39. The van der Waals surface area contributed by atoms with E-state index in [1.165, 1.54) is 25.7 Å². The maximum absolute atomic E-state index is 4.66. The molecule has 0 aliphatic heterocycles. The van der Waals surface area contributed by atoms with Crippen molar-refractivity contribution in [2.24, 2.45) is 5.92 Å². The van der Waals surface area contributed by atoms with Crippen LogP contribution in [0.4, 0.5) is 5.82 Å². The van der Waals surface area contributed by atoms with Crippen molar-refractivity contribution in [3.05, 3.63) is 18.1 Å². The van der Waals surface area contributed by atoms with Gasteiger partial charge in [0.15, 0.2) is 0 Å². The smallest absolute Gasteiger partial charge is 0.147 e. The topological polar surface area (TPSA) is 41.1 Å². The minimum atomic E-state index is 0.618. The lowest BCUT2D eigenvalue weighted by atomic mass is 9.86. The Kier molecular flexibility index (Phi) is 4.53. The fourth-order valence-corrected chi connectivity index (χ4v) is 2.77. The summed E-state index contributed by atoms with van der Waals surface area (Å²) in [6.45, 7) is 3.12. The number of aromatic nitrogens is 2. The molecule has 1 heterocycles. The van der Waals surface area contributed by atoms with Gasteiger partial charge in [0.25, 0.3) is 0 Å². The highest BCUT2D eigenvalue weighted by Crippen LogP contribution is 2.28. The SMILES string of the molecule is CNCc1cncc(N(C)C2CCCC(C)C2)n1. The van der Waals surface area contributed by atoms with E-state index in [-0.39, 0.29) is 0 Å². The van der Waals surface area contributed by atoms with Crippen LogP contribution in [0.25, 0.3) is 0 Å². The van der Waals surface area contributed by atoms with Crippen LogP contribution in [-0.2, 0) is 6.54 Å². The Balaban J connectivity index is 2.07. The van der Waals surface area contributed by atoms with E-state index in [1.807, 2.05) is 19.4 Å². The third kappa shape index (κ3) is 3.19. The van der Waals surface area contributed by atoms with Crippen molar-refractivity contribution in [2.45, 2.75) is 45.2 Å². The minimum absolute atomic E-state index is 0.618. The van der Waals surface area contributed by atoms with E-state index in [4.69, 9.17) is 0 Å². The molecule has 18 heavy (non-hydrogen) atoms. The largest absolute Gasteiger partial charge is 0.355 e. The predicted octanol–water partition coefficient (Wildman–Crippen LogP) is 2.21. The second-order valence-corrected chi connectivity index (χ2v) is 5.44. The maximum Gasteiger partial charge on any atom is 0.147 e. The van der Waals surface area contributed by atoms with E-state index in [2.05, 4.69) is 34.2 Å². The zero-order valence-electron chi connectivity index (χ0n) is 11.7. The molecule has 1 aromatic heterocycles. The summed E-state index contributed by atoms with van der Waals surface area (Å²) in [5, 5.41) is 3.12.